The molecule has 0 radical (unpaired) electrons. The largest absolute Gasteiger partial charge is 0.359 e. The van der Waals surface area contributed by atoms with E-state index < -0.39 is 0 Å². The highest BCUT2D eigenvalue weighted by Crippen LogP contribution is 2.16. The molecule has 0 spiro atoms. The second-order valence-electron chi connectivity index (χ2n) is 4.56. The van der Waals surface area contributed by atoms with Crippen LogP contribution in [0.1, 0.15) is 41.6 Å². The summed E-state index contributed by atoms with van der Waals surface area (Å²) >= 11 is 11.5. The van der Waals surface area contributed by atoms with Crippen LogP contribution in [0, 0.1) is 0 Å². The average molecular weight is 314 g/mol. The number of hydrogen-bond acceptors (Lipinski definition) is 4. The van der Waals surface area contributed by atoms with Gasteiger partial charge in [-0.1, -0.05) is 42.2 Å². The van der Waals surface area contributed by atoms with Gasteiger partial charge in [-0.05, 0) is 18.1 Å². The quantitative estimate of drug-likeness (QED) is 0.878. The van der Waals surface area contributed by atoms with Gasteiger partial charge in [-0.2, -0.15) is 0 Å². The second-order valence-corrected chi connectivity index (χ2v) is 5.33. The van der Waals surface area contributed by atoms with Gasteiger partial charge in [-0.25, -0.2) is 4.98 Å². The number of rotatable bonds is 4. The van der Waals surface area contributed by atoms with E-state index in [0.29, 0.717) is 11.3 Å². The van der Waals surface area contributed by atoms with Crippen molar-refractivity contribution in [3.05, 3.63) is 45.5 Å². The average Bonchev–Trinajstić information content (AvgIpc) is 2.83. The molecule has 2 rings (SSSR count). The SMILES string of the molecule is CC(C)c1cc(CNC(=O)c2cc(Cl)nc(Cl)c2)on1. The Labute approximate surface area is 126 Å². The van der Waals surface area contributed by atoms with Crippen molar-refractivity contribution in [2.75, 3.05) is 0 Å². The molecule has 7 heteroatoms. The third kappa shape index (κ3) is 3.71. The number of aromatic nitrogens is 2. The monoisotopic (exact) mass is 313 g/mol. The van der Waals surface area contributed by atoms with E-state index in [0.717, 1.165) is 5.69 Å². The molecule has 0 aliphatic rings. The molecule has 2 aromatic heterocycles. The molecule has 5 nitrogen and oxygen atoms in total. The fourth-order valence-corrected chi connectivity index (χ4v) is 2.01. The molecule has 0 fully saturated rings. The summed E-state index contributed by atoms with van der Waals surface area (Å²) in [7, 11) is 0. The summed E-state index contributed by atoms with van der Waals surface area (Å²) in [6.07, 6.45) is 0. The Balaban J connectivity index is 2.00. The van der Waals surface area contributed by atoms with Crippen LogP contribution in [0.5, 0.6) is 0 Å². The van der Waals surface area contributed by atoms with Crippen molar-refractivity contribution in [3.63, 3.8) is 0 Å². The van der Waals surface area contributed by atoms with Gasteiger partial charge in [-0.3, -0.25) is 4.79 Å². The van der Waals surface area contributed by atoms with Crippen molar-refractivity contribution in [1.29, 1.82) is 0 Å². The summed E-state index contributed by atoms with van der Waals surface area (Å²) < 4.78 is 5.13. The van der Waals surface area contributed by atoms with E-state index in [1.165, 1.54) is 12.1 Å². The number of nitrogens with one attached hydrogen (secondary N) is 1. The summed E-state index contributed by atoms with van der Waals surface area (Å²) in [5.74, 6) is 0.563. The Kier molecular flexibility index (Phi) is 4.62. The Morgan fingerprint density at radius 3 is 2.50 bits per heavy atom. The molecule has 0 saturated heterocycles. The fourth-order valence-electron chi connectivity index (χ4n) is 1.55. The number of pyridine rings is 1. The molecule has 0 aliphatic carbocycles. The van der Waals surface area contributed by atoms with Crippen LogP contribution in [0.4, 0.5) is 0 Å². The number of amides is 1. The van der Waals surface area contributed by atoms with Crippen LogP contribution in [0.15, 0.2) is 22.7 Å². The summed E-state index contributed by atoms with van der Waals surface area (Å²) in [5, 5.41) is 6.96. The maximum Gasteiger partial charge on any atom is 0.251 e. The highest BCUT2D eigenvalue weighted by atomic mass is 35.5. The lowest BCUT2D eigenvalue weighted by Gasteiger charge is -2.03. The first-order valence-electron chi connectivity index (χ1n) is 6.02. The number of carbonyl (C=O) groups excluding carboxylic acids is 1. The first kappa shape index (κ1) is 14.8. The van der Waals surface area contributed by atoms with Gasteiger partial charge in [0.05, 0.1) is 12.2 Å². The molecule has 1 amide bonds. The Bertz CT molecular complexity index is 606. The zero-order valence-corrected chi connectivity index (χ0v) is 12.5. The highest BCUT2D eigenvalue weighted by molar-refractivity contribution is 6.33. The number of nitrogens with zero attached hydrogens (tertiary/aromatic N) is 2. The molecule has 106 valence electrons. The molecule has 20 heavy (non-hydrogen) atoms. The smallest absolute Gasteiger partial charge is 0.251 e. The van der Waals surface area contributed by atoms with Gasteiger partial charge < -0.3 is 9.84 Å². The minimum atomic E-state index is -0.307. The van der Waals surface area contributed by atoms with Crippen LogP contribution >= 0.6 is 23.2 Å². The molecule has 2 aromatic rings. The third-order valence-corrected chi connectivity index (χ3v) is 3.00. The Morgan fingerprint density at radius 1 is 1.30 bits per heavy atom. The molecule has 0 bridgehead atoms. The molecule has 0 aromatic carbocycles. The first-order valence-corrected chi connectivity index (χ1v) is 6.78. The summed E-state index contributed by atoms with van der Waals surface area (Å²) in [5.41, 5.74) is 1.20. The van der Waals surface area contributed by atoms with Crippen LogP contribution in [0.2, 0.25) is 10.3 Å². The summed E-state index contributed by atoms with van der Waals surface area (Å²) in [6, 6.07) is 4.71. The van der Waals surface area contributed by atoms with Gasteiger partial charge in [0.2, 0.25) is 0 Å². The molecule has 0 unspecified atom stereocenters. The number of hydrogen-bond donors (Lipinski definition) is 1. The standard InChI is InChI=1S/C13H13Cl2N3O2/c1-7(2)10-5-9(20-18-10)6-16-13(19)8-3-11(14)17-12(15)4-8/h3-5,7H,6H2,1-2H3,(H,16,19). The van der Waals surface area contributed by atoms with Crippen LogP contribution in [-0.2, 0) is 6.54 Å². The highest BCUT2D eigenvalue weighted by Gasteiger charge is 2.11. The molecular weight excluding hydrogens is 301 g/mol. The second kappa shape index (κ2) is 6.24. The van der Waals surface area contributed by atoms with Crippen molar-refractivity contribution in [3.8, 4) is 0 Å². The minimum Gasteiger partial charge on any atom is -0.359 e. The first-order chi connectivity index (χ1) is 9.45. The lowest BCUT2D eigenvalue weighted by Crippen LogP contribution is -2.22. The van der Waals surface area contributed by atoms with Crippen LogP contribution in [-0.4, -0.2) is 16.0 Å². The van der Waals surface area contributed by atoms with Crippen molar-refractivity contribution in [1.82, 2.24) is 15.5 Å². The van der Waals surface area contributed by atoms with E-state index in [4.69, 9.17) is 27.7 Å². The normalized spacial score (nSPS) is 10.8. The maximum atomic E-state index is 11.9. The minimum absolute atomic E-state index is 0.171. The predicted octanol–water partition coefficient (Wildman–Crippen LogP) is 3.43. The fraction of sp³-hybridized carbons (Fsp3) is 0.308. The van der Waals surface area contributed by atoms with Gasteiger partial charge in [-0.15, -0.1) is 0 Å². The van der Waals surface area contributed by atoms with Crippen molar-refractivity contribution in [2.24, 2.45) is 0 Å². The van der Waals surface area contributed by atoms with E-state index >= 15 is 0 Å². The zero-order chi connectivity index (χ0) is 14.7. The molecule has 0 atom stereocenters. The number of halogens is 2. The van der Waals surface area contributed by atoms with Gasteiger partial charge in [0.15, 0.2) is 5.76 Å². The van der Waals surface area contributed by atoms with Gasteiger partial charge >= 0.3 is 0 Å². The predicted molar refractivity (Wildman–Crippen MR) is 76.0 cm³/mol. The van der Waals surface area contributed by atoms with Crippen LogP contribution in [0.25, 0.3) is 0 Å². The summed E-state index contributed by atoms with van der Waals surface area (Å²) in [4.78, 5) is 15.7. The van der Waals surface area contributed by atoms with E-state index in [9.17, 15) is 4.79 Å². The van der Waals surface area contributed by atoms with E-state index in [1.54, 1.807) is 0 Å². The van der Waals surface area contributed by atoms with Crippen LogP contribution in [0.3, 0.4) is 0 Å². The molecule has 2 heterocycles. The van der Waals surface area contributed by atoms with E-state index in [1.807, 2.05) is 19.9 Å². The van der Waals surface area contributed by atoms with Crippen molar-refractivity contribution < 1.29 is 9.32 Å². The Morgan fingerprint density at radius 2 is 1.95 bits per heavy atom. The van der Waals surface area contributed by atoms with E-state index in [-0.39, 0.29) is 28.7 Å². The topological polar surface area (TPSA) is 68.0 Å². The summed E-state index contributed by atoms with van der Waals surface area (Å²) in [6.45, 7) is 4.28. The maximum absolute atomic E-state index is 11.9. The van der Waals surface area contributed by atoms with Gasteiger partial charge in [0.25, 0.3) is 5.91 Å². The van der Waals surface area contributed by atoms with Crippen molar-refractivity contribution in [2.45, 2.75) is 26.3 Å². The Hall–Kier alpha value is -1.59. The lowest BCUT2D eigenvalue weighted by molar-refractivity contribution is 0.0947. The van der Waals surface area contributed by atoms with Gasteiger partial charge in [0.1, 0.15) is 10.3 Å². The van der Waals surface area contributed by atoms with Crippen molar-refractivity contribution >= 4 is 29.1 Å². The third-order valence-electron chi connectivity index (χ3n) is 2.62. The van der Waals surface area contributed by atoms with Gasteiger partial charge in [0, 0.05) is 11.6 Å². The molecular formula is C13H13Cl2N3O2. The zero-order valence-electron chi connectivity index (χ0n) is 11.0. The number of carbonyl (C=O) groups is 1. The lowest BCUT2D eigenvalue weighted by atomic mass is 10.1. The molecule has 1 N–H and O–H groups in total. The molecule has 0 saturated carbocycles. The van der Waals surface area contributed by atoms with E-state index in [2.05, 4.69) is 15.5 Å². The van der Waals surface area contributed by atoms with Crippen LogP contribution < -0.4 is 5.32 Å². The molecule has 0 aliphatic heterocycles.